The van der Waals surface area contributed by atoms with Crippen LogP contribution in [0.3, 0.4) is 0 Å². The summed E-state index contributed by atoms with van der Waals surface area (Å²) in [5.41, 5.74) is 0. The highest BCUT2D eigenvalue weighted by Crippen LogP contribution is 2.29. The Labute approximate surface area is 239 Å². The van der Waals surface area contributed by atoms with Crippen molar-refractivity contribution in [3.63, 3.8) is 0 Å². The zero-order valence-corrected chi connectivity index (χ0v) is 25.0. The molecule has 0 radical (unpaired) electrons. The molecule has 1 N–H and O–H groups in total. The third-order valence-electron chi connectivity index (χ3n) is 6.76. The zero-order chi connectivity index (χ0) is 29.8. The number of esters is 4. The van der Waals surface area contributed by atoms with Gasteiger partial charge in [-0.05, 0) is 25.7 Å². The van der Waals surface area contributed by atoms with Gasteiger partial charge < -0.3 is 28.8 Å². The van der Waals surface area contributed by atoms with E-state index >= 15 is 0 Å². The molecule has 1 saturated heterocycles. The first-order chi connectivity index (χ1) is 19.3. The Kier molecular flexibility index (Phi) is 19.3. The van der Waals surface area contributed by atoms with Crippen LogP contribution in [0.4, 0.5) is 0 Å². The topological polar surface area (TPSA) is 135 Å². The maximum Gasteiger partial charge on any atom is 0.306 e. The van der Waals surface area contributed by atoms with Crippen molar-refractivity contribution in [1.82, 2.24) is 0 Å². The second-order valence-electron chi connectivity index (χ2n) is 10.4. The molecule has 0 aromatic carbocycles. The van der Waals surface area contributed by atoms with Crippen LogP contribution in [-0.4, -0.2) is 66.3 Å². The van der Waals surface area contributed by atoms with Gasteiger partial charge in [-0.2, -0.15) is 0 Å². The van der Waals surface area contributed by atoms with Gasteiger partial charge in [-0.15, -0.1) is 0 Å². The van der Waals surface area contributed by atoms with Crippen LogP contribution in [0.2, 0.25) is 0 Å². The van der Waals surface area contributed by atoms with Gasteiger partial charge in [0.2, 0.25) is 0 Å². The van der Waals surface area contributed by atoms with Gasteiger partial charge in [0, 0.05) is 25.7 Å². The van der Waals surface area contributed by atoms with E-state index in [4.69, 9.17) is 23.7 Å². The molecule has 5 unspecified atom stereocenters. The summed E-state index contributed by atoms with van der Waals surface area (Å²) < 4.78 is 28.1. The summed E-state index contributed by atoms with van der Waals surface area (Å²) in [6.45, 7) is 7.74. The molecule has 1 rings (SSSR count). The van der Waals surface area contributed by atoms with Crippen molar-refractivity contribution >= 4 is 23.9 Å². The minimum atomic E-state index is -1.68. The lowest BCUT2D eigenvalue weighted by Crippen LogP contribution is -2.62. The molecular weight excluding hydrogens is 520 g/mol. The van der Waals surface area contributed by atoms with E-state index in [1.807, 2.05) is 27.7 Å². The highest BCUT2D eigenvalue weighted by molar-refractivity contribution is 5.72. The lowest BCUT2D eigenvalue weighted by molar-refractivity contribution is -0.297. The Morgan fingerprint density at radius 3 is 1.35 bits per heavy atom. The lowest BCUT2D eigenvalue weighted by atomic mass is 9.98. The van der Waals surface area contributed by atoms with E-state index in [0.717, 1.165) is 51.4 Å². The molecule has 0 saturated carbocycles. The zero-order valence-electron chi connectivity index (χ0n) is 25.0. The van der Waals surface area contributed by atoms with E-state index in [1.165, 1.54) is 0 Å². The van der Waals surface area contributed by atoms with E-state index in [-0.39, 0.29) is 32.3 Å². The average Bonchev–Trinajstić information content (AvgIpc) is 2.91. The number of carbonyl (C=O) groups is 4. The first-order valence-electron chi connectivity index (χ1n) is 15.3. The van der Waals surface area contributed by atoms with Gasteiger partial charge in [0.1, 0.15) is 12.7 Å². The smallest absolute Gasteiger partial charge is 0.306 e. The predicted octanol–water partition coefficient (Wildman–Crippen LogP) is 5.30. The highest BCUT2D eigenvalue weighted by atomic mass is 16.7. The maximum atomic E-state index is 12.8. The van der Waals surface area contributed by atoms with Crippen LogP contribution in [0, 0.1) is 0 Å². The standard InChI is InChI=1S/C30H52O10/c1-5-9-13-17-23(31)36-21-22-27(38-24(32)18-14-10-6-2)28(39-25(33)19-15-11-7-3)29(30(35)37-22)40-26(34)20-16-12-8-4/h22,27-30,35H,5-21H2,1-4H3. The van der Waals surface area contributed by atoms with E-state index in [1.54, 1.807) is 0 Å². The molecule has 0 bridgehead atoms. The second-order valence-corrected chi connectivity index (χ2v) is 10.4. The normalized spacial score (nSPS) is 22.4. The number of aliphatic hydroxyl groups is 1. The van der Waals surface area contributed by atoms with Crippen molar-refractivity contribution in [1.29, 1.82) is 0 Å². The lowest BCUT2D eigenvalue weighted by Gasteiger charge is -2.43. The van der Waals surface area contributed by atoms with Crippen molar-refractivity contribution in [3.8, 4) is 0 Å². The van der Waals surface area contributed by atoms with Gasteiger partial charge in [0.25, 0.3) is 0 Å². The molecule has 0 spiro atoms. The third kappa shape index (κ3) is 14.4. The molecule has 5 atom stereocenters. The molecule has 1 aliphatic heterocycles. The monoisotopic (exact) mass is 572 g/mol. The summed E-state index contributed by atoms with van der Waals surface area (Å²) in [6, 6.07) is 0. The quantitative estimate of drug-likeness (QED) is 0.110. The fourth-order valence-electron chi connectivity index (χ4n) is 4.39. The molecule has 10 nitrogen and oxygen atoms in total. The highest BCUT2D eigenvalue weighted by Gasteiger charge is 2.52. The van der Waals surface area contributed by atoms with Crippen LogP contribution in [0.25, 0.3) is 0 Å². The van der Waals surface area contributed by atoms with Crippen molar-refractivity contribution < 1.29 is 48.0 Å². The SMILES string of the molecule is CCCCCC(=O)OCC1OC(O)C(OC(=O)CCCCC)C(OC(=O)CCCCC)C1OC(=O)CCCCC. The fraction of sp³-hybridized carbons (Fsp3) is 0.867. The Morgan fingerprint density at radius 1 is 0.550 bits per heavy atom. The van der Waals surface area contributed by atoms with E-state index < -0.39 is 54.6 Å². The third-order valence-corrected chi connectivity index (χ3v) is 6.76. The van der Waals surface area contributed by atoms with E-state index in [0.29, 0.717) is 25.7 Å². The molecule has 1 fully saturated rings. The van der Waals surface area contributed by atoms with E-state index in [2.05, 4.69) is 0 Å². The number of ether oxygens (including phenoxy) is 5. The van der Waals surface area contributed by atoms with Crippen LogP contribution < -0.4 is 0 Å². The number of hydrogen-bond acceptors (Lipinski definition) is 10. The van der Waals surface area contributed by atoms with Crippen LogP contribution >= 0.6 is 0 Å². The maximum absolute atomic E-state index is 12.8. The van der Waals surface area contributed by atoms with Crippen LogP contribution in [0.1, 0.15) is 130 Å². The minimum Gasteiger partial charge on any atom is -0.463 e. The Balaban J connectivity index is 3.17. The molecule has 40 heavy (non-hydrogen) atoms. The number of carbonyl (C=O) groups excluding carboxylic acids is 4. The van der Waals surface area contributed by atoms with Crippen LogP contribution in [-0.2, 0) is 42.9 Å². The Morgan fingerprint density at radius 2 is 0.925 bits per heavy atom. The Hall–Kier alpha value is -2.20. The summed E-state index contributed by atoms with van der Waals surface area (Å²) >= 11 is 0. The molecule has 1 heterocycles. The first kappa shape index (κ1) is 35.8. The molecule has 232 valence electrons. The minimum absolute atomic E-state index is 0.118. The second kappa shape index (κ2) is 21.5. The molecule has 10 heteroatoms. The van der Waals surface area contributed by atoms with Crippen molar-refractivity contribution in [2.24, 2.45) is 0 Å². The van der Waals surface area contributed by atoms with Gasteiger partial charge in [-0.1, -0.05) is 79.1 Å². The van der Waals surface area contributed by atoms with Gasteiger partial charge in [-0.3, -0.25) is 19.2 Å². The number of unbranched alkanes of at least 4 members (excludes halogenated alkanes) is 8. The summed E-state index contributed by atoms with van der Waals surface area (Å²) in [7, 11) is 0. The van der Waals surface area contributed by atoms with Crippen molar-refractivity contribution in [2.75, 3.05) is 6.61 Å². The summed E-state index contributed by atoms with van der Waals surface area (Å²) in [5, 5.41) is 10.8. The van der Waals surface area contributed by atoms with E-state index in [9.17, 15) is 24.3 Å². The molecule has 0 aromatic heterocycles. The summed E-state index contributed by atoms with van der Waals surface area (Å²) in [4.78, 5) is 50.4. The fourth-order valence-corrected chi connectivity index (χ4v) is 4.39. The molecule has 0 aliphatic carbocycles. The van der Waals surface area contributed by atoms with Crippen molar-refractivity contribution in [2.45, 2.75) is 161 Å². The van der Waals surface area contributed by atoms with Crippen LogP contribution in [0.5, 0.6) is 0 Å². The summed E-state index contributed by atoms with van der Waals surface area (Å²) in [6.07, 6.45) is 3.36. The molecule has 0 amide bonds. The van der Waals surface area contributed by atoms with Crippen molar-refractivity contribution in [3.05, 3.63) is 0 Å². The number of rotatable bonds is 21. The van der Waals surface area contributed by atoms with Gasteiger partial charge >= 0.3 is 23.9 Å². The predicted molar refractivity (Wildman–Crippen MR) is 148 cm³/mol. The Bertz CT molecular complexity index is 740. The largest absolute Gasteiger partial charge is 0.463 e. The average molecular weight is 573 g/mol. The summed E-state index contributed by atoms with van der Waals surface area (Å²) in [5.74, 6) is -2.14. The van der Waals surface area contributed by atoms with Gasteiger partial charge in [0.15, 0.2) is 24.6 Å². The van der Waals surface area contributed by atoms with Gasteiger partial charge in [-0.25, -0.2) is 0 Å². The number of aliphatic hydroxyl groups excluding tert-OH is 1. The van der Waals surface area contributed by atoms with Crippen LogP contribution in [0.15, 0.2) is 0 Å². The molecular formula is C30H52O10. The van der Waals surface area contributed by atoms with Gasteiger partial charge in [0.05, 0.1) is 0 Å². The molecule has 0 aromatic rings. The first-order valence-corrected chi connectivity index (χ1v) is 15.3. The number of hydrogen-bond donors (Lipinski definition) is 1. The molecule has 1 aliphatic rings.